The van der Waals surface area contributed by atoms with Crippen LogP contribution < -0.4 is 15.4 Å². The molecule has 3 aromatic rings. The molecule has 0 radical (unpaired) electrons. The summed E-state index contributed by atoms with van der Waals surface area (Å²) >= 11 is 0. The number of nitrogens with zero attached hydrogens (tertiary/aromatic N) is 2. The number of rotatable bonds is 14. The molecule has 1 saturated heterocycles. The monoisotopic (exact) mass is 726 g/mol. The Kier molecular flexibility index (Phi) is 12.0. The molecule has 7 rings (SSSR count). The Morgan fingerprint density at radius 1 is 1.04 bits per heavy atom. The van der Waals surface area contributed by atoms with Gasteiger partial charge >= 0.3 is 0 Å². The lowest BCUT2D eigenvalue weighted by Crippen LogP contribution is -2.62. The van der Waals surface area contributed by atoms with Crippen molar-refractivity contribution < 1.29 is 29.4 Å². The number of benzene rings is 3. The van der Waals surface area contributed by atoms with E-state index < -0.39 is 24.2 Å². The molecule has 4 fully saturated rings. The Labute approximate surface area is 314 Å². The molecule has 2 amide bonds. The summed E-state index contributed by atoms with van der Waals surface area (Å²) in [4.78, 5) is 35.9. The van der Waals surface area contributed by atoms with Gasteiger partial charge < -0.3 is 30.5 Å². The van der Waals surface area contributed by atoms with Gasteiger partial charge in [0.05, 0.1) is 26.4 Å². The van der Waals surface area contributed by atoms with E-state index in [1.165, 1.54) is 12.0 Å². The molecule has 2 bridgehead atoms. The van der Waals surface area contributed by atoms with Crippen molar-refractivity contribution in [3.05, 3.63) is 89.5 Å². The molecule has 286 valence electrons. The first-order chi connectivity index (χ1) is 25.3. The minimum absolute atomic E-state index is 0.0506. The number of likely N-dealkylation sites (N-methyl/N-ethyl adjacent to an activating group) is 1. The number of nitrogens with one attached hydrogen (secondary N) is 2. The number of methoxy groups -OCH3 is 1. The number of ether oxygens (including phenoxy) is 1. The molecule has 3 aliphatic carbocycles. The second-order valence-corrected chi connectivity index (χ2v) is 16.4. The van der Waals surface area contributed by atoms with Crippen molar-refractivity contribution in [1.29, 1.82) is 0 Å². The summed E-state index contributed by atoms with van der Waals surface area (Å²) in [6.45, 7) is 9.15. The van der Waals surface area contributed by atoms with Crippen LogP contribution in [0, 0.1) is 29.1 Å². The summed E-state index contributed by atoms with van der Waals surface area (Å²) in [6, 6.07) is 22.7. The van der Waals surface area contributed by atoms with Gasteiger partial charge in [-0.25, -0.2) is 0 Å². The van der Waals surface area contributed by atoms with Crippen LogP contribution in [0.15, 0.2) is 72.8 Å². The van der Waals surface area contributed by atoms with E-state index in [1.807, 2.05) is 74.8 Å². The highest BCUT2D eigenvalue weighted by Crippen LogP contribution is 2.61. The Hall–Kier alpha value is -3.80. The molecule has 1 aliphatic heterocycles. The predicted molar refractivity (Wildman–Crippen MR) is 206 cm³/mol. The molecule has 53 heavy (non-hydrogen) atoms. The van der Waals surface area contributed by atoms with Crippen LogP contribution in [0.3, 0.4) is 0 Å². The third-order valence-corrected chi connectivity index (χ3v) is 12.4. The normalized spacial score (nSPS) is 27.5. The van der Waals surface area contributed by atoms with Crippen LogP contribution in [0.1, 0.15) is 62.0 Å². The van der Waals surface area contributed by atoms with E-state index in [9.17, 15) is 19.8 Å². The van der Waals surface area contributed by atoms with Gasteiger partial charge in [-0.1, -0.05) is 81.4 Å². The molecule has 10 nitrogen and oxygen atoms in total. The number of aliphatic hydroxyl groups excluding tert-OH is 2. The van der Waals surface area contributed by atoms with Gasteiger partial charge in [-0.15, -0.1) is 0 Å². The van der Waals surface area contributed by atoms with E-state index in [4.69, 9.17) is 9.57 Å². The smallest absolute Gasteiger partial charge is 0.251 e. The van der Waals surface area contributed by atoms with Crippen molar-refractivity contribution in [2.75, 3.05) is 34.4 Å². The van der Waals surface area contributed by atoms with Gasteiger partial charge in [-0.05, 0) is 86.7 Å². The summed E-state index contributed by atoms with van der Waals surface area (Å²) < 4.78 is 5.99. The van der Waals surface area contributed by atoms with Crippen molar-refractivity contribution in [2.24, 2.45) is 29.1 Å². The first kappa shape index (κ1) is 38.9. The summed E-state index contributed by atoms with van der Waals surface area (Å²) in [5, 5.41) is 29.4. The topological polar surface area (TPSA) is 124 Å². The highest BCUT2D eigenvalue weighted by atomic mass is 16.7. The molecule has 4 aliphatic rings. The largest absolute Gasteiger partial charge is 0.496 e. The molecule has 3 saturated carbocycles. The van der Waals surface area contributed by atoms with Crippen LogP contribution in [-0.2, 0) is 22.6 Å². The van der Waals surface area contributed by atoms with E-state index in [2.05, 4.69) is 48.4 Å². The van der Waals surface area contributed by atoms with Crippen LogP contribution in [0.5, 0.6) is 5.75 Å². The molecule has 1 heterocycles. The molecular weight excluding hydrogens is 668 g/mol. The van der Waals surface area contributed by atoms with Crippen LogP contribution in [0.25, 0.3) is 11.1 Å². The fourth-order valence-electron chi connectivity index (χ4n) is 9.40. The maximum atomic E-state index is 14.2. The molecule has 3 aromatic carbocycles. The zero-order valence-electron chi connectivity index (χ0n) is 32.3. The lowest BCUT2D eigenvalue weighted by molar-refractivity contribution is -0.183. The zero-order chi connectivity index (χ0) is 38.0. The van der Waals surface area contributed by atoms with Gasteiger partial charge in [0.25, 0.3) is 5.91 Å². The first-order valence-electron chi connectivity index (χ1n) is 19.1. The molecule has 10 heteroatoms. The number of carbonyl (C=O) groups excluding carboxylic acids is 2. The average Bonchev–Trinajstić information content (AvgIpc) is 3.51. The Morgan fingerprint density at radius 2 is 1.75 bits per heavy atom. The van der Waals surface area contributed by atoms with E-state index in [0.717, 1.165) is 29.5 Å². The fraction of sp³-hybridized carbons (Fsp3) is 0.535. The number of aliphatic hydroxyl groups is 2. The van der Waals surface area contributed by atoms with Crippen LogP contribution in [0.2, 0.25) is 0 Å². The quantitative estimate of drug-likeness (QED) is 0.185. The third kappa shape index (κ3) is 8.17. The second kappa shape index (κ2) is 16.3. The van der Waals surface area contributed by atoms with E-state index in [1.54, 1.807) is 19.1 Å². The van der Waals surface area contributed by atoms with Gasteiger partial charge in [0.15, 0.2) is 0 Å². The van der Waals surface area contributed by atoms with Gasteiger partial charge in [-0.3, -0.25) is 14.4 Å². The standard InChI is InChI=1S/C43H58N4O6/c1-26-35-21-32(43(35,3)4)22-36(26)45-42(51)39-38(27(2)49)37(25-48)53-47(39)23-31-14-11-15-34(40(31)52-7)29-16-18-30(19-17-29)41(50)44-33(24-46(5)6)20-28-12-9-8-10-13-28/h8-19,26-27,32-33,35-39,48-49H,20-25H2,1-7H3,(H,44,50)(H,45,51)/t26-,27-,32+,33-,35-,36-,37-,38-,39-/m0/s1. The van der Waals surface area contributed by atoms with E-state index >= 15 is 0 Å². The minimum atomic E-state index is -0.885. The SMILES string of the molecule is COc1c(CN2O[C@@H](CO)[C@H]([C@H](C)O)[C@H]2C(=O)N[C@H]2C[C@H]3C[C@@H]([C@@H]2C)C3(C)C)cccc1-c1ccc(C(=O)N[C@@H](Cc2ccccc2)CN(C)C)cc1. The summed E-state index contributed by atoms with van der Waals surface area (Å²) in [6.07, 6.45) is 1.25. The molecule has 0 aromatic heterocycles. The second-order valence-electron chi connectivity index (χ2n) is 16.4. The number of hydroxylamine groups is 2. The predicted octanol–water partition coefficient (Wildman–Crippen LogP) is 4.93. The zero-order valence-corrected chi connectivity index (χ0v) is 32.3. The molecular formula is C43H58N4O6. The summed E-state index contributed by atoms with van der Waals surface area (Å²) in [5.74, 6) is 1.16. The highest BCUT2D eigenvalue weighted by Gasteiger charge is 2.57. The third-order valence-electron chi connectivity index (χ3n) is 12.4. The van der Waals surface area contributed by atoms with Crippen LogP contribution >= 0.6 is 0 Å². The van der Waals surface area contributed by atoms with Crippen molar-refractivity contribution >= 4 is 11.8 Å². The Balaban J connectivity index is 1.19. The first-order valence-corrected chi connectivity index (χ1v) is 19.1. The van der Waals surface area contributed by atoms with Crippen molar-refractivity contribution in [3.8, 4) is 16.9 Å². The van der Waals surface area contributed by atoms with Crippen LogP contribution in [0.4, 0.5) is 0 Å². The maximum absolute atomic E-state index is 14.2. The maximum Gasteiger partial charge on any atom is 0.251 e. The van der Waals surface area contributed by atoms with Gasteiger partial charge in [0.2, 0.25) is 5.91 Å². The Bertz CT molecular complexity index is 1710. The number of hydrogen-bond donors (Lipinski definition) is 4. The molecule has 0 spiro atoms. The highest BCUT2D eigenvalue weighted by molar-refractivity contribution is 5.95. The minimum Gasteiger partial charge on any atom is -0.496 e. The summed E-state index contributed by atoms with van der Waals surface area (Å²) in [7, 11) is 5.62. The van der Waals surface area contributed by atoms with Crippen molar-refractivity contribution in [1.82, 2.24) is 20.6 Å². The molecule has 0 unspecified atom stereocenters. The van der Waals surface area contributed by atoms with Crippen LogP contribution in [-0.4, -0.2) is 96.7 Å². The van der Waals surface area contributed by atoms with Crippen molar-refractivity contribution in [3.63, 3.8) is 0 Å². The number of para-hydroxylation sites is 1. The lowest BCUT2D eigenvalue weighted by Gasteiger charge is -2.62. The van der Waals surface area contributed by atoms with Gasteiger partial charge in [-0.2, -0.15) is 5.06 Å². The van der Waals surface area contributed by atoms with Crippen molar-refractivity contribution in [2.45, 2.75) is 83.8 Å². The number of hydrogen-bond acceptors (Lipinski definition) is 8. The lowest BCUT2D eigenvalue weighted by atomic mass is 9.45. The number of fused-ring (bicyclic) bond motifs is 2. The van der Waals surface area contributed by atoms with E-state index in [0.29, 0.717) is 41.0 Å². The fourth-order valence-corrected chi connectivity index (χ4v) is 9.40. The molecule has 9 atom stereocenters. The Morgan fingerprint density at radius 3 is 2.36 bits per heavy atom. The van der Waals surface area contributed by atoms with Gasteiger partial charge in [0, 0.05) is 41.2 Å². The molecule has 4 N–H and O–H groups in total. The van der Waals surface area contributed by atoms with E-state index in [-0.39, 0.29) is 37.0 Å². The average molecular weight is 727 g/mol. The number of amides is 2. The van der Waals surface area contributed by atoms with Gasteiger partial charge in [0.1, 0.15) is 17.9 Å². The number of carbonyl (C=O) groups is 2. The summed E-state index contributed by atoms with van der Waals surface area (Å²) in [5.41, 5.74) is 4.51.